The Bertz CT molecular complexity index is 1150. The number of hydrogen-bond donors (Lipinski definition) is 1. The predicted octanol–water partition coefficient (Wildman–Crippen LogP) is 7.65. The molecule has 2 aromatic carbocycles. The minimum atomic E-state index is -2.59. The maximum Gasteiger partial charge on any atom is 0.248 e. The molecular weight excluding hydrogens is 495 g/mol. The Morgan fingerprint density at radius 1 is 1.06 bits per heavy atom. The number of alkyl halides is 2. The number of nitrogens with one attached hydrogen (secondary N) is 1. The highest BCUT2D eigenvalue weighted by Gasteiger charge is 2.35. The monoisotopic (exact) mass is 513 g/mol. The Morgan fingerprint density at radius 3 is 2.31 bits per heavy atom. The molecule has 0 radical (unpaired) electrons. The first-order chi connectivity index (χ1) is 15.1. The minimum Gasteiger partial charge on any atom is -0.372 e. The highest BCUT2D eigenvalue weighted by molar-refractivity contribution is 7.80. The van der Waals surface area contributed by atoms with Gasteiger partial charge in [0.25, 0.3) is 0 Å². The van der Waals surface area contributed by atoms with E-state index in [1.807, 2.05) is 19.1 Å². The zero-order chi connectivity index (χ0) is 23.0. The highest BCUT2D eigenvalue weighted by Crippen LogP contribution is 2.35. The fourth-order valence-corrected chi connectivity index (χ4v) is 4.90. The molecule has 1 fully saturated rings. The van der Waals surface area contributed by atoms with Crippen LogP contribution in [0.25, 0.3) is 16.9 Å². The second kappa shape index (κ2) is 9.26. The molecule has 0 amide bonds. The quantitative estimate of drug-likeness (QED) is 0.363. The summed E-state index contributed by atoms with van der Waals surface area (Å²) in [7, 11) is 0. The van der Waals surface area contributed by atoms with E-state index in [0.29, 0.717) is 44.3 Å². The number of aromatic nitrogens is 2. The minimum absolute atomic E-state index is 0.107. The summed E-state index contributed by atoms with van der Waals surface area (Å²) in [5, 5.41) is 9.58. The van der Waals surface area contributed by atoms with Crippen molar-refractivity contribution in [1.29, 1.82) is 0 Å². The van der Waals surface area contributed by atoms with E-state index in [1.54, 1.807) is 35.0 Å². The summed E-state index contributed by atoms with van der Waals surface area (Å²) in [6.45, 7) is 1.93. The van der Waals surface area contributed by atoms with Crippen LogP contribution in [-0.2, 0) is 0 Å². The molecule has 3 aromatic rings. The normalized spacial score (nSPS) is 16.2. The first kappa shape index (κ1) is 23.4. The first-order valence-electron chi connectivity index (χ1n) is 10.1. The lowest BCUT2D eigenvalue weighted by atomic mass is 9.92. The second-order valence-electron chi connectivity index (χ2n) is 7.94. The molecule has 1 N–H and O–H groups in total. The lowest BCUT2D eigenvalue weighted by Gasteiger charge is -2.29. The molecule has 1 aliphatic carbocycles. The van der Waals surface area contributed by atoms with Gasteiger partial charge in [-0.1, -0.05) is 59.2 Å². The van der Waals surface area contributed by atoms with Crippen LogP contribution in [0.1, 0.15) is 36.9 Å². The van der Waals surface area contributed by atoms with Crippen LogP contribution in [-0.4, -0.2) is 26.7 Å². The molecule has 0 spiro atoms. The summed E-state index contributed by atoms with van der Waals surface area (Å²) in [6.07, 6.45) is 0.439. The van der Waals surface area contributed by atoms with Crippen molar-refractivity contribution in [3.05, 3.63) is 68.8 Å². The fourth-order valence-electron chi connectivity index (χ4n) is 3.92. The van der Waals surface area contributed by atoms with Crippen molar-refractivity contribution in [2.45, 2.75) is 44.6 Å². The second-order valence-corrected chi connectivity index (χ2v) is 9.63. The van der Waals surface area contributed by atoms with E-state index in [1.165, 1.54) is 0 Å². The van der Waals surface area contributed by atoms with Gasteiger partial charge in [0.05, 0.1) is 16.4 Å². The summed E-state index contributed by atoms with van der Waals surface area (Å²) in [5.74, 6) is -2.59. The molecule has 0 unspecified atom stereocenters. The molecule has 4 rings (SSSR count). The lowest BCUT2D eigenvalue weighted by Crippen LogP contribution is -2.40. The van der Waals surface area contributed by atoms with Gasteiger partial charge in [0, 0.05) is 40.1 Å². The summed E-state index contributed by atoms with van der Waals surface area (Å²) >= 11 is 24.3. The lowest BCUT2D eigenvalue weighted by molar-refractivity contribution is -0.0389. The zero-order valence-corrected chi connectivity index (χ0v) is 20.2. The molecule has 32 heavy (non-hydrogen) atoms. The maximum absolute atomic E-state index is 13.5. The van der Waals surface area contributed by atoms with E-state index < -0.39 is 5.92 Å². The van der Waals surface area contributed by atoms with Gasteiger partial charge in [-0.3, -0.25) is 0 Å². The van der Waals surface area contributed by atoms with Gasteiger partial charge in [0.1, 0.15) is 10.7 Å². The van der Waals surface area contributed by atoms with E-state index in [4.69, 9.17) is 52.1 Å². The van der Waals surface area contributed by atoms with Crippen molar-refractivity contribution >= 4 is 52.0 Å². The molecule has 1 aromatic heterocycles. The first-order valence-corrected chi connectivity index (χ1v) is 11.7. The molecule has 1 aliphatic rings. The van der Waals surface area contributed by atoms with Gasteiger partial charge in [-0.2, -0.15) is 5.10 Å². The zero-order valence-electron chi connectivity index (χ0n) is 17.1. The maximum atomic E-state index is 13.5. The molecule has 0 saturated heterocycles. The van der Waals surface area contributed by atoms with Gasteiger partial charge in [0.2, 0.25) is 5.92 Å². The van der Waals surface area contributed by atoms with Crippen LogP contribution in [0.2, 0.25) is 15.1 Å². The average molecular weight is 515 g/mol. The van der Waals surface area contributed by atoms with Crippen LogP contribution in [0.3, 0.4) is 0 Å². The largest absolute Gasteiger partial charge is 0.372 e. The molecule has 3 nitrogen and oxygen atoms in total. The van der Waals surface area contributed by atoms with E-state index >= 15 is 0 Å². The molecule has 9 heteroatoms. The van der Waals surface area contributed by atoms with Crippen LogP contribution in [0.4, 0.5) is 8.78 Å². The number of rotatable bonds is 4. The summed E-state index contributed by atoms with van der Waals surface area (Å²) in [6, 6.07) is 12.5. The van der Waals surface area contributed by atoms with E-state index in [9.17, 15) is 8.78 Å². The number of thiocarbonyl (C=S) groups is 1. The summed E-state index contributed by atoms with van der Waals surface area (Å²) in [5.41, 5.74) is 3.76. The third-order valence-electron chi connectivity index (χ3n) is 5.65. The number of hydrogen-bond acceptors (Lipinski definition) is 2. The van der Waals surface area contributed by atoms with Gasteiger partial charge in [-0.25, -0.2) is 13.5 Å². The standard InChI is InChI=1S/C23H20Cl3F2N3S/c1-13-20(22(32)29-17-8-10-23(27,28)11-9-17)30-31(19-7-6-16(25)12-18(19)26)21(13)14-2-4-15(24)5-3-14/h2-7,12,17H,8-11H2,1H3,(H,29,32). The Balaban J connectivity index is 1.74. The Labute approximate surface area is 205 Å². The van der Waals surface area contributed by atoms with Crippen LogP contribution >= 0.6 is 47.0 Å². The van der Waals surface area contributed by atoms with Gasteiger partial charge >= 0.3 is 0 Å². The third kappa shape index (κ3) is 4.93. The van der Waals surface area contributed by atoms with Crippen molar-refractivity contribution in [2.75, 3.05) is 0 Å². The summed E-state index contributed by atoms with van der Waals surface area (Å²) < 4.78 is 28.8. The predicted molar refractivity (Wildman–Crippen MR) is 131 cm³/mol. The molecule has 1 saturated carbocycles. The summed E-state index contributed by atoms with van der Waals surface area (Å²) in [4.78, 5) is 0.428. The third-order valence-corrected chi connectivity index (χ3v) is 6.75. The fraction of sp³-hybridized carbons (Fsp3) is 0.304. The van der Waals surface area contributed by atoms with Crippen LogP contribution < -0.4 is 5.32 Å². The van der Waals surface area contributed by atoms with Gasteiger partial charge in [0.15, 0.2) is 0 Å². The SMILES string of the molecule is Cc1c(C(=S)NC2CCC(F)(F)CC2)nn(-c2ccc(Cl)cc2Cl)c1-c1ccc(Cl)cc1. The van der Waals surface area contributed by atoms with Crippen LogP contribution in [0, 0.1) is 6.92 Å². The Hall–Kier alpha value is -1.73. The van der Waals surface area contributed by atoms with Crippen LogP contribution in [0.5, 0.6) is 0 Å². The molecule has 168 valence electrons. The van der Waals surface area contributed by atoms with Crippen molar-refractivity contribution in [3.8, 4) is 16.9 Å². The van der Waals surface area contributed by atoms with Crippen molar-refractivity contribution in [2.24, 2.45) is 0 Å². The van der Waals surface area contributed by atoms with E-state index in [2.05, 4.69) is 5.32 Å². The van der Waals surface area contributed by atoms with E-state index in [-0.39, 0.29) is 18.9 Å². The molecule has 1 heterocycles. The van der Waals surface area contributed by atoms with Crippen molar-refractivity contribution in [1.82, 2.24) is 15.1 Å². The van der Waals surface area contributed by atoms with Gasteiger partial charge in [-0.05, 0) is 50.1 Å². The molecular formula is C23H20Cl3F2N3S. The highest BCUT2D eigenvalue weighted by atomic mass is 35.5. The van der Waals surface area contributed by atoms with E-state index in [0.717, 1.165) is 16.8 Å². The number of benzene rings is 2. The molecule has 0 aliphatic heterocycles. The van der Waals surface area contributed by atoms with Crippen LogP contribution in [0.15, 0.2) is 42.5 Å². The average Bonchev–Trinajstić information content (AvgIpc) is 3.07. The number of nitrogens with zero attached hydrogens (tertiary/aromatic N) is 2. The van der Waals surface area contributed by atoms with Crippen molar-refractivity contribution < 1.29 is 8.78 Å². The smallest absolute Gasteiger partial charge is 0.248 e. The van der Waals surface area contributed by atoms with Gasteiger partial charge in [-0.15, -0.1) is 0 Å². The van der Waals surface area contributed by atoms with Crippen molar-refractivity contribution in [3.63, 3.8) is 0 Å². The Kier molecular flexibility index (Phi) is 6.78. The Morgan fingerprint density at radius 2 is 1.69 bits per heavy atom. The number of halogens is 5. The topological polar surface area (TPSA) is 29.9 Å². The molecule has 0 bridgehead atoms. The van der Waals surface area contributed by atoms with Gasteiger partial charge < -0.3 is 5.32 Å². The molecule has 0 atom stereocenters.